The van der Waals surface area contributed by atoms with Crippen LogP contribution in [0.2, 0.25) is 5.02 Å². The van der Waals surface area contributed by atoms with E-state index in [1.807, 2.05) is 0 Å². The van der Waals surface area contributed by atoms with Crippen LogP contribution in [0.1, 0.15) is 21.3 Å². The second-order valence-electron chi connectivity index (χ2n) is 6.64. The van der Waals surface area contributed by atoms with Gasteiger partial charge in [0.05, 0.1) is 24.0 Å². The summed E-state index contributed by atoms with van der Waals surface area (Å²) in [5, 5.41) is 9.66. The fourth-order valence-corrected chi connectivity index (χ4v) is 3.44. The lowest BCUT2D eigenvalue weighted by molar-refractivity contribution is 0.0940. The highest BCUT2D eigenvalue weighted by atomic mass is 35.5. The highest BCUT2D eigenvalue weighted by Gasteiger charge is 2.20. The summed E-state index contributed by atoms with van der Waals surface area (Å²) in [6, 6.07) is 2.82. The Hall–Kier alpha value is -4.04. The van der Waals surface area contributed by atoms with Gasteiger partial charge in [-0.25, -0.2) is 19.0 Å². The number of rotatable bonds is 5. The maximum atomic E-state index is 14.7. The lowest BCUT2D eigenvalue weighted by Gasteiger charge is -2.11. The highest BCUT2D eigenvalue weighted by Crippen LogP contribution is 2.35. The fraction of sp³-hybridized carbons (Fsp3) is 0.105. The normalized spacial score (nSPS) is 10.7. The van der Waals surface area contributed by atoms with Crippen LogP contribution in [0.15, 0.2) is 35.1 Å². The molecule has 0 unspecified atom stereocenters. The van der Waals surface area contributed by atoms with E-state index in [4.69, 9.17) is 16.1 Å². The molecule has 174 valence electrons. The van der Waals surface area contributed by atoms with Gasteiger partial charge < -0.3 is 9.84 Å². The number of hydrogen-bond donors (Lipinski definition) is 3. The van der Waals surface area contributed by atoms with Crippen LogP contribution in [0, 0.1) is 18.6 Å². The summed E-state index contributed by atoms with van der Waals surface area (Å²) in [5.41, 5.74) is 4.54. The first-order valence-electron chi connectivity index (χ1n) is 9.38. The smallest absolute Gasteiger partial charge is 0.333 e. The number of pyridine rings is 1. The quantitative estimate of drug-likeness (QED) is 0.350. The molecule has 0 bridgehead atoms. The maximum absolute atomic E-state index is 14.7. The van der Waals surface area contributed by atoms with Crippen molar-refractivity contribution in [1.29, 1.82) is 0 Å². The number of aromatic nitrogens is 5. The molecular weight excluding hydrogens is 494 g/mol. The molecule has 4 aromatic rings. The Balaban J connectivity index is 1.48. The molecule has 0 fully saturated rings. The van der Waals surface area contributed by atoms with Crippen molar-refractivity contribution in [2.75, 3.05) is 0 Å². The zero-order valence-corrected chi connectivity index (χ0v) is 18.7. The zero-order chi connectivity index (χ0) is 24.2. The molecule has 0 aliphatic rings. The third-order valence-corrected chi connectivity index (χ3v) is 5.21. The lowest BCUT2D eigenvalue weighted by atomic mass is 9.99. The number of benzene rings is 1. The van der Waals surface area contributed by atoms with Gasteiger partial charge >= 0.3 is 6.03 Å². The molecule has 3 heterocycles. The molecule has 11 nitrogen and oxygen atoms in total. The molecule has 0 aliphatic carbocycles. The minimum Gasteiger partial charge on any atom is -0.339 e. The second-order valence-corrected chi connectivity index (χ2v) is 7.87. The first-order valence-corrected chi connectivity index (χ1v) is 10.5. The SMILES string of the molecule is Cc1nc(-c2c(F)cc(Cl)cc2-c2cnc(CNC(=O)NNC(=O)c3cnns3)c(F)c2)no1. The van der Waals surface area contributed by atoms with Crippen molar-refractivity contribution in [2.45, 2.75) is 13.5 Å². The van der Waals surface area contributed by atoms with E-state index in [0.717, 1.165) is 23.7 Å². The molecule has 0 spiro atoms. The predicted octanol–water partition coefficient (Wildman–Crippen LogP) is 3.03. The van der Waals surface area contributed by atoms with Crippen LogP contribution >= 0.6 is 23.1 Å². The van der Waals surface area contributed by atoms with Crippen molar-refractivity contribution >= 4 is 35.1 Å². The van der Waals surface area contributed by atoms with Crippen molar-refractivity contribution in [2.24, 2.45) is 0 Å². The first kappa shape index (κ1) is 23.1. The van der Waals surface area contributed by atoms with E-state index < -0.39 is 23.6 Å². The standard InChI is InChI=1S/C19H13ClF2N8O3S/c1-8-26-17(29-33-8)16-11(3-10(20)4-13(16)22)9-2-12(21)14(23-5-9)6-24-19(32)28-27-18(31)15-7-25-30-34-15/h2-5,7H,6H2,1H3,(H,27,31)(H2,24,28,32). The fourth-order valence-electron chi connectivity index (χ4n) is 2.82. The molecule has 0 radical (unpaired) electrons. The summed E-state index contributed by atoms with van der Waals surface area (Å²) in [6.45, 7) is 1.25. The van der Waals surface area contributed by atoms with Crippen LogP contribution in [0.4, 0.5) is 13.6 Å². The van der Waals surface area contributed by atoms with Gasteiger partial charge in [0.2, 0.25) is 11.7 Å². The molecular formula is C19H13ClF2N8O3S. The average Bonchev–Trinajstić information content (AvgIpc) is 3.48. The monoisotopic (exact) mass is 506 g/mol. The number of aryl methyl sites for hydroxylation is 1. The van der Waals surface area contributed by atoms with E-state index in [0.29, 0.717) is 0 Å². The largest absolute Gasteiger partial charge is 0.339 e. The Kier molecular flexibility index (Phi) is 6.70. The van der Waals surface area contributed by atoms with Crippen LogP contribution in [0.25, 0.3) is 22.5 Å². The number of urea groups is 1. The van der Waals surface area contributed by atoms with E-state index in [1.54, 1.807) is 6.92 Å². The van der Waals surface area contributed by atoms with Gasteiger partial charge in [-0.3, -0.25) is 15.2 Å². The Labute approximate surface area is 198 Å². The number of carbonyl (C=O) groups is 2. The number of hydrogen-bond acceptors (Lipinski definition) is 9. The second kappa shape index (κ2) is 9.84. The highest BCUT2D eigenvalue weighted by molar-refractivity contribution is 7.07. The van der Waals surface area contributed by atoms with E-state index >= 15 is 0 Å². The van der Waals surface area contributed by atoms with Crippen LogP contribution in [0.5, 0.6) is 0 Å². The molecule has 34 heavy (non-hydrogen) atoms. The Morgan fingerprint density at radius 1 is 1.15 bits per heavy atom. The van der Waals surface area contributed by atoms with Crippen molar-refractivity contribution in [3.8, 4) is 22.5 Å². The molecule has 3 aromatic heterocycles. The third kappa shape index (κ3) is 5.13. The van der Waals surface area contributed by atoms with Crippen molar-refractivity contribution in [3.63, 3.8) is 0 Å². The van der Waals surface area contributed by atoms with Gasteiger partial charge in [0.1, 0.15) is 16.5 Å². The number of nitrogens with zero attached hydrogens (tertiary/aromatic N) is 5. The van der Waals surface area contributed by atoms with Gasteiger partial charge in [-0.2, -0.15) is 4.98 Å². The minimum absolute atomic E-state index is 0.0272. The number of halogens is 3. The lowest BCUT2D eigenvalue weighted by Crippen LogP contribution is -2.46. The van der Waals surface area contributed by atoms with Crippen LogP contribution < -0.4 is 16.2 Å². The number of carbonyl (C=O) groups excluding carboxylic acids is 2. The van der Waals surface area contributed by atoms with Gasteiger partial charge in [0.25, 0.3) is 5.91 Å². The van der Waals surface area contributed by atoms with Gasteiger partial charge in [-0.15, -0.1) is 5.10 Å². The van der Waals surface area contributed by atoms with Crippen LogP contribution in [-0.2, 0) is 6.54 Å². The van der Waals surface area contributed by atoms with Crippen molar-refractivity contribution < 1.29 is 22.9 Å². The molecule has 0 saturated heterocycles. The summed E-state index contributed by atoms with van der Waals surface area (Å²) < 4.78 is 37.9. The Bertz CT molecular complexity index is 1370. The Morgan fingerprint density at radius 2 is 1.97 bits per heavy atom. The minimum atomic E-state index is -0.803. The van der Waals surface area contributed by atoms with Gasteiger partial charge in [0.15, 0.2) is 0 Å². The molecule has 0 atom stereocenters. The first-order chi connectivity index (χ1) is 16.3. The molecule has 3 N–H and O–H groups in total. The number of hydrazine groups is 1. The van der Waals surface area contributed by atoms with E-state index in [9.17, 15) is 18.4 Å². The average molecular weight is 507 g/mol. The molecule has 4 rings (SSSR count). The number of amides is 3. The van der Waals surface area contributed by atoms with Gasteiger partial charge in [-0.1, -0.05) is 21.2 Å². The molecule has 15 heteroatoms. The van der Waals surface area contributed by atoms with Crippen molar-refractivity contribution in [1.82, 2.24) is 40.9 Å². The summed E-state index contributed by atoms with van der Waals surface area (Å²) in [4.78, 5) is 31.8. The summed E-state index contributed by atoms with van der Waals surface area (Å²) in [6.07, 6.45) is 2.52. The number of nitrogens with one attached hydrogen (secondary N) is 3. The van der Waals surface area contributed by atoms with E-state index in [2.05, 4.69) is 40.9 Å². The van der Waals surface area contributed by atoms with Gasteiger partial charge in [0, 0.05) is 23.7 Å². The molecule has 0 saturated carbocycles. The van der Waals surface area contributed by atoms with E-state index in [-0.39, 0.29) is 50.5 Å². The maximum Gasteiger partial charge on any atom is 0.333 e. The van der Waals surface area contributed by atoms with Gasteiger partial charge in [-0.05, 0) is 35.3 Å². The molecule has 0 aliphatic heterocycles. The summed E-state index contributed by atoms with van der Waals surface area (Å²) >= 11 is 6.84. The Morgan fingerprint density at radius 3 is 2.65 bits per heavy atom. The molecule has 3 amide bonds. The third-order valence-electron chi connectivity index (χ3n) is 4.33. The summed E-state index contributed by atoms with van der Waals surface area (Å²) in [7, 11) is 0. The molecule has 1 aromatic carbocycles. The zero-order valence-electron chi connectivity index (χ0n) is 17.1. The van der Waals surface area contributed by atoms with E-state index in [1.165, 1.54) is 18.5 Å². The van der Waals surface area contributed by atoms with Crippen LogP contribution in [0.3, 0.4) is 0 Å². The topological polar surface area (TPSA) is 148 Å². The predicted molar refractivity (Wildman–Crippen MR) is 115 cm³/mol. The van der Waals surface area contributed by atoms with Crippen molar-refractivity contribution in [3.05, 3.63) is 63.7 Å². The summed E-state index contributed by atoms with van der Waals surface area (Å²) in [5.74, 6) is -1.91. The van der Waals surface area contributed by atoms with Crippen LogP contribution in [-0.4, -0.2) is 36.6 Å².